The van der Waals surface area contributed by atoms with Crippen LogP contribution in [0.5, 0.6) is 0 Å². The molecule has 1 aromatic rings. The van der Waals surface area contributed by atoms with Gasteiger partial charge in [-0.25, -0.2) is 8.42 Å². The number of hydrogen-bond acceptors (Lipinski definition) is 3. The fourth-order valence-electron chi connectivity index (χ4n) is 1.84. The van der Waals surface area contributed by atoms with Crippen molar-refractivity contribution in [2.75, 3.05) is 6.54 Å². The van der Waals surface area contributed by atoms with E-state index >= 15 is 0 Å². The van der Waals surface area contributed by atoms with E-state index in [1.807, 2.05) is 0 Å². The number of hydrogen-bond donors (Lipinski definition) is 1. The summed E-state index contributed by atoms with van der Waals surface area (Å²) in [5.41, 5.74) is 5.78. The van der Waals surface area contributed by atoms with Crippen LogP contribution in [0.2, 0.25) is 0 Å². The first-order valence-corrected chi connectivity index (χ1v) is 7.29. The van der Waals surface area contributed by atoms with Crippen LogP contribution in [0.3, 0.4) is 0 Å². The molecule has 1 aliphatic rings. The molecule has 1 saturated heterocycles. The molecule has 0 radical (unpaired) electrons. The largest absolute Gasteiger partial charge is 0.315 e. The van der Waals surface area contributed by atoms with Gasteiger partial charge in [0.05, 0.1) is 11.1 Å². The summed E-state index contributed by atoms with van der Waals surface area (Å²) >= 11 is 3.25. The van der Waals surface area contributed by atoms with Crippen LogP contribution in [0.25, 0.3) is 0 Å². The lowest BCUT2D eigenvalue weighted by Gasteiger charge is -2.21. The lowest BCUT2D eigenvalue weighted by atomic mass is 10.3. The minimum atomic E-state index is -3.46. The van der Waals surface area contributed by atoms with Gasteiger partial charge >= 0.3 is 0 Å². The van der Waals surface area contributed by atoms with E-state index in [9.17, 15) is 8.42 Å². The molecule has 1 unspecified atom stereocenters. The quantitative estimate of drug-likeness (QED) is 0.901. The Hall–Kier alpha value is -0.430. The monoisotopic (exact) mass is 304 g/mol. The van der Waals surface area contributed by atoms with E-state index in [1.54, 1.807) is 24.3 Å². The predicted octanol–water partition coefficient (Wildman–Crippen LogP) is 1.52. The van der Waals surface area contributed by atoms with Crippen LogP contribution >= 0.6 is 15.9 Å². The third-order valence-electron chi connectivity index (χ3n) is 2.67. The molecule has 16 heavy (non-hydrogen) atoms. The number of sulfonamides is 1. The van der Waals surface area contributed by atoms with Crippen molar-refractivity contribution >= 4 is 26.0 Å². The molecule has 0 aromatic heterocycles. The average Bonchev–Trinajstić information content (AvgIpc) is 2.65. The first kappa shape index (κ1) is 12.0. The number of nitrogens with two attached hydrogens (primary N) is 1. The standard InChI is InChI=1S/C10H13BrN2O2S/c11-8-4-1-2-5-9(8)16(14,15)13-7-3-6-10(13)12/h1-2,4-5,10H,3,6-7,12H2. The number of nitrogens with zero attached hydrogens (tertiary/aromatic N) is 1. The van der Waals surface area contributed by atoms with Gasteiger partial charge in [-0.15, -0.1) is 0 Å². The Morgan fingerprint density at radius 1 is 1.38 bits per heavy atom. The third kappa shape index (κ3) is 2.02. The summed E-state index contributed by atoms with van der Waals surface area (Å²) in [6.45, 7) is 0.505. The lowest BCUT2D eigenvalue weighted by molar-refractivity contribution is 0.395. The summed E-state index contributed by atoms with van der Waals surface area (Å²) in [6.07, 6.45) is 1.16. The molecule has 1 aliphatic heterocycles. The molecule has 88 valence electrons. The first-order chi connectivity index (χ1) is 7.53. The Balaban J connectivity index is 2.43. The zero-order chi connectivity index (χ0) is 11.8. The highest BCUT2D eigenvalue weighted by molar-refractivity contribution is 9.10. The zero-order valence-corrected chi connectivity index (χ0v) is 11.0. The van der Waals surface area contributed by atoms with Crippen molar-refractivity contribution in [1.82, 2.24) is 4.31 Å². The maximum atomic E-state index is 12.3. The normalized spacial score (nSPS) is 22.5. The second-order valence-electron chi connectivity index (χ2n) is 3.76. The van der Waals surface area contributed by atoms with Gasteiger partial charge in [-0.1, -0.05) is 12.1 Å². The van der Waals surface area contributed by atoms with E-state index in [-0.39, 0.29) is 4.90 Å². The predicted molar refractivity (Wildman–Crippen MR) is 65.2 cm³/mol. The van der Waals surface area contributed by atoms with Gasteiger partial charge in [-0.3, -0.25) is 0 Å². The molecule has 0 amide bonds. The highest BCUT2D eigenvalue weighted by atomic mass is 79.9. The minimum Gasteiger partial charge on any atom is -0.315 e. The second-order valence-corrected chi connectivity index (χ2v) is 6.47. The fourth-order valence-corrected chi connectivity index (χ4v) is 4.39. The van der Waals surface area contributed by atoms with Gasteiger partial charge in [0.1, 0.15) is 0 Å². The first-order valence-electron chi connectivity index (χ1n) is 5.05. The zero-order valence-electron chi connectivity index (χ0n) is 8.64. The summed E-state index contributed by atoms with van der Waals surface area (Å²) in [4.78, 5) is 0.285. The molecule has 0 aliphatic carbocycles. The minimum absolute atomic E-state index is 0.285. The van der Waals surface area contributed by atoms with E-state index in [1.165, 1.54) is 4.31 Å². The summed E-state index contributed by atoms with van der Waals surface area (Å²) < 4.78 is 26.5. The van der Waals surface area contributed by atoms with Crippen molar-refractivity contribution in [3.63, 3.8) is 0 Å². The van der Waals surface area contributed by atoms with Crippen LogP contribution in [-0.4, -0.2) is 25.4 Å². The Labute approximate surface area is 104 Å². The SMILES string of the molecule is NC1CCCN1S(=O)(=O)c1ccccc1Br. The van der Waals surface area contributed by atoms with Crippen LogP contribution in [0.4, 0.5) is 0 Å². The molecule has 0 bridgehead atoms. The summed E-state index contributed by atoms with van der Waals surface area (Å²) in [7, 11) is -3.46. The van der Waals surface area contributed by atoms with E-state index in [0.717, 1.165) is 12.8 Å². The molecular weight excluding hydrogens is 292 g/mol. The van der Waals surface area contributed by atoms with E-state index < -0.39 is 16.2 Å². The number of rotatable bonds is 2. The Morgan fingerprint density at radius 3 is 2.62 bits per heavy atom. The van der Waals surface area contributed by atoms with Gasteiger partial charge in [-0.2, -0.15) is 4.31 Å². The number of benzene rings is 1. The molecular formula is C10H13BrN2O2S. The molecule has 0 spiro atoms. The Bertz CT molecular complexity index is 489. The van der Waals surface area contributed by atoms with Crippen LogP contribution in [0.1, 0.15) is 12.8 Å². The molecule has 0 saturated carbocycles. The fraction of sp³-hybridized carbons (Fsp3) is 0.400. The molecule has 2 rings (SSSR count). The van der Waals surface area contributed by atoms with Crippen LogP contribution in [-0.2, 0) is 10.0 Å². The van der Waals surface area contributed by atoms with Crippen molar-refractivity contribution in [3.05, 3.63) is 28.7 Å². The van der Waals surface area contributed by atoms with Crippen LogP contribution in [0.15, 0.2) is 33.6 Å². The molecule has 2 N–H and O–H groups in total. The highest BCUT2D eigenvalue weighted by Crippen LogP contribution is 2.28. The Kier molecular flexibility index (Phi) is 3.34. The lowest BCUT2D eigenvalue weighted by Crippen LogP contribution is -2.40. The second kappa shape index (κ2) is 4.44. The van der Waals surface area contributed by atoms with E-state index in [2.05, 4.69) is 15.9 Å². The van der Waals surface area contributed by atoms with Crippen molar-refractivity contribution in [2.24, 2.45) is 5.73 Å². The van der Waals surface area contributed by atoms with E-state index in [4.69, 9.17) is 5.73 Å². The summed E-state index contributed by atoms with van der Waals surface area (Å²) in [6, 6.07) is 6.80. The van der Waals surface area contributed by atoms with Gasteiger partial charge in [0.15, 0.2) is 0 Å². The van der Waals surface area contributed by atoms with E-state index in [0.29, 0.717) is 11.0 Å². The van der Waals surface area contributed by atoms with Crippen molar-refractivity contribution in [2.45, 2.75) is 23.9 Å². The van der Waals surface area contributed by atoms with Gasteiger partial charge in [0.25, 0.3) is 0 Å². The van der Waals surface area contributed by atoms with Crippen molar-refractivity contribution in [1.29, 1.82) is 0 Å². The van der Waals surface area contributed by atoms with Crippen molar-refractivity contribution in [3.8, 4) is 0 Å². The highest BCUT2D eigenvalue weighted by Gasteiger charge is 2.33. The molecule has 4 nitrogen and oxygen atoms in total. The molecule has 1 heterocycles. The summed E-state index contributed by atoms with van der Waals surface area (Å²) in [5, 5.41) is 0. The van der Waals surface area contributed by atoms with Crippen molar-refractivity contribution < 1.29 is 8.42 Å². The summed E-state index contributed by atoms with van der Waals surface area (Å²) in [5.74, 6) is 0. The van der Waals surface area contributed by atoms with Crippen LogP contribution in [0, 0.1) is 0 Å². The van der Waals surface area contributed by atoms with Crippen LogP contribution < -0.4 is 5.73 Å². The topological polar surface area (TPSA) is 63.4 Å². The molecule has 1 fully saturated rings. The van der Waals surface area contributed by atoms with Gasteiger partial charge in [0, 0.05) is 11.0 Å². The Morgan fingerprint density at radius 2 is 2.06 bits per heavy atom. The molecule has 1 atom stereocenters. The van der Waals surface area contributed by atoms with Gasteiger partial charge in [-0.05, 0) is 40.9 Å². The molecule has 6 heteroatoms. The van der Waals surface area contributed by atoms with Gasteiger partial charge < -0.3 is 5.73 Å². The smallest absolute Gasteiger partial charge is 0.245 e. The van der Waals surface area contributed by atoms with Gasteiger partial charge in [0.2, 0.25) is 10.0 Å². The third-order valence-corrected chi connectivity index (χ3v) is 5.61. The maximum absolute atomic E-state index is 12.3. The maximum Gasteiger partial charge on any atom is 0.245 e. The molecule has 1 aromatic carbocycles. The number of halogens is 1. The average molecular weight is 305 g/mol.